The monoisotopic (exact) mass is 476 g/mol. The summed E-state index contributed by atoms with van der Waals surface area (Å²) >= 11 is 0. The lowest BCUT2D eigenvalue weighted by Gasteiger charge is -2.34. The van der Waals surface area contributed by atoms with E-state index in [-0.39, 0.29) is 11.7 Å². The second-order valence-corrected chi connectivity index (χ2v) is 8.68. The SMILES string of the molecule is CCCOc1ccc(C2C(C(=O)Nc3ccccc3OC)=C(C)NC3=C2C(=O)CCC3)cc1OC. The number of hydrogen-bond donors (Lipinski definition) is 2. The zero-order chi connectivity index (χ0) is 24.9. The molecule has 0 spiro atoms. The largest absolute Gasteiger partial charge is 0.495 e. The maximum atomic E-state index is 13.7. The molecule has 2 N–H and O–H groups in total. The van der Waals surface area contributed by atoms with E-state index >= 15 is 0 Å². The summed E-state index contributed by atoms with van der Waals surface area (Å²) in [5.74, 6) is 1.01. The number of anilines is 1. The van der Waals surface area contributed by atoms with E-state index in [9.17, 15) is 9.59 Å². The smallest absolute Gasteiger partial charge is 0.254 e. The molecule has 4 rings (SSSR count). The van der Waals surface area contributed by atoms with Crippen LogP contribution in [0.15, 0.2) is 65.0 Å². The summed E-state index contributed by atoms with van der Waals surface area (Å²) in [7, 11) is 3.15. The maximum absolute atomic E-state index is 13.7. The molecule has 7 heteroatoms. The minimum absolute atomic E-state index is 0.0594. The predicted molar refractivity (Wildman–Crippen MR) is 135 cm³/mol. The van der Waals surface area contributed by atoms with Crippen LogP contribution in [0.3, 0.4) is 0 Å². The molecule has 184 valence electrons. The number of ether oxygens (including phenoxy) is 3. The van der Waals surface area contributed by atoms with Crippen LogP contribution in [0.25, 0.3) is 0 Å². The molecule has 1 atom stereocenters. The first-order valence-corrected chi connectivity index (χ1v) is 12.0. The Labute approximate surface area is 206 Å². The fraction of sp³-hybridized carbons (Fsp3) is 0.357. The van der Waals surface area contributed by atoms with Gasteiger partial charge in [-0.05, 0) is 56.0 Å². The highest BCUT2D eigenvalue weighted by Crippen LogP contribution is 2.44. The molecule has 0 bridgehead atoms. The molecule has 2 aliphatic rings. The van der Waals surface area contributed by atoms with Crippen LogP contribution in [0.5, 0.6) is 17.2 Å². The Kier molecular flexibility index (Phi) is 7.44. The first kappa shape index (κ1) is 24.4. The lowest BCUT2D eigenvalue weighted by molar-refractivity contribution is -0.116. The Hall–Kier alpha value is -3.74. The van der Waals surface area contributed by atoms with E-state index in [0.29, 0.717) is 47.1 Å². The lowest BCUT2D eigenvalue weighted by Crippen LogP contribution is -2.35. The van der Waals surface area contributed by atoms with Gasteiger partial charge in [0.25, 0.3) is 5.91 Å². The van der Waals surface area contributed by atoms with E-state index in [4.69, 9.17) is 14.2 Å². The molecule has 0 saturated heterocycles. The van der Waals surface area contributed by atoms with E-state index in [2.05, 4.69) is 10.6 Å². The minimum Gasteiger partial charge on any atom is -0.495 e. The number of amides is 1. The summed E-state index contributed by atoms with van der Waals surface area (Å²) in [5.41, 5.74) is 4.13. The molecule has 1 amide bonds. The van der Waals surface area contributed by atoms with Crippen molar-refractivity contribution in [1.29, 1.82) is 0 Å². The average molecular weight is 477 g/mol. The number of allylic oxidation sites excluding steroid dienone is 3. The molecule has 2 aromatic carbocycles. The quantitative estimate of drug-likeness (QED) is 0.551. The molecule has 1 unspecified atom stereocenters. The van der Waals surface area contributed by atoms with Gasteiger partial charge in [0.1, 0.15) is 5.75 Å². The average Bonchev–Trinajstić information content (AvgIpc) is 2.87. The summed E-state index contributed by atoms with van der Waals surface area (Å²) in [6, 6.07) is 12.9. The van der Waals surface area contributed by atoms with Crippen molar-refractivity contribution < 1.29 is 23.8 Å². The van der Waals surface area contributed by atoms with Gasteiger partial charge in [-0.15, -0.1) is 0 Å². The van der Waals surface area contributed by atoms with Gasteiger partial charge in [-0.3, -0.25) is 9.59 Å². The normalized spacial score (nSPS) is 17.5. The summed E-state index contributed by atoms with van der Waals surface area (Å²) in [6.07, 6.45) is 2.90. The van der Waals surface area contributed by atoms with Gasteiger partial charge in [0.15, 0.2) is 17.3 Å². The fourth-order valence-electron chi connectivity index (χ4n) is 4.75. The molecule has 0 saturated carbocycles. The van der Waals surface area contributed by atoms with Crippen molar-refractivity contribution in [2.24, 2.45) is 0 Å². The molecule has 1 heterocycles. The third kappa shape index (κ3) is 4.90. The predicted octanol–water partition coefficient (Wildman–Crippen LogP) is 5.10. The number of para-hydroxylation sites is 2. The molecular weight excluding hydrogens is 444 g/mol. The molecule has 0 fully saturated rings. The zero-order valence-electron chi connectivity index (χ0n) is 20.7. The number of methoxy groups -OCH3 is 2. The van der Waals surface area contributed by atoms with Crippen LogP contribution in [0, 0.1) is 0 Å². The van der Waals surface area contributed by atoms with Crippen molar-refractivity contribution in [2.45, 2.75) is 45.4 Å². The minimum atomic E-state index is -0.525. The second kappa shape index (κ2) is 10.7. The van der Waals surface area contributed by atoms with Gasteiger partial charge in [-0.2, -0.15) is 0 Å². The number of nitrogens with one attached hydrogen (secondary N) is 2. The van der Waals surface area contributed by atoms with Gasteiger partial charge in [0.2, 0.25) is 0 Å². The molecule has 35 heavy (non-hydrogen) atoms. The maximum Gasteiger partial charge on any atom is 0.254 e. The zero-order valence-corrected chi connectivity index (χ0v) is 20.7. The summed E-state index contributed by atoms with van der Waals surface area (Å²) in [5, 5.41) is 6.34. The van der Waals surface area contributed by atoms with Gasteiger partial charge in [0, 0.05) is 34.9 Å². The van der Waals surface area contributed by atoms with Crippen LogP contribution in [-0.2, 0) is 9.59 Å². The van der Waals surface area contributed by atoms with Crippen molar-refractivity contribution in [3.8, 4) is 17.2 Å². The summed E-state index contributed by atoms with van der Waals surface area (Å²) in [4.78, 5) is 26.9. The number of rotatable bonds is 8. The van der Waals surface area contributed by atoms with E-state index < -0.39 is 5.92 Å². The number of benzene rings is 2. The third-order valence-corrected chi connectivity index (χ3v) is 6.36. The fourth-order valence-corrected chi connectivity index (χ4v) is 4.75. The van der Waals surface area contributed by atoms with Crippen molar-refractivity contribution in [3.63, 3.8) is 0 Å². The second-order valence-electron chi connectivity index (χ2n) is 8.68. The van der Waals surface area contributed by atoms with Crippen molar-refractivity contribution in [2.75, 3.05) is 26.1 Å². The van der Waals surface area contributed by atoms with Crippen LogP contribution in [0.2, 0.25) is 0 Å². The van der Waals surface area contributed by atoms with Gasteiger partial charge in [-0.1, -0.05) is 25.1 Å². The van der Waals surface area contributed by atoms with Gasteiger partial charge < -0.3 is 24.8 Å². The summed E-state index contributed by atoms with van der Waals surface area (Å²) in [6.45, 7) is 4.49. The van der Waals surface area contributed by atoms with Crippen LogP contribution in [0.1, 0.15) is 51.0 Å². The summed E-state index contributed by atoms with van der Waals surface area (Å²) < 4.78 is 16.8. The van der Waals surface area contributed by atoms with E-state index in [0.717, 1.165) is 36.2 Å². The lowest BCUT2D eigenvalue weighted by atomic mass is 9.75. The topological polar surface area (TPSA) is 85.9 Å². The van der Waals surface area contributed by atoms with Gasteiger partial charge >= 0.3 is 0 Å². The Balaban J connectivity index is 1.79. The molecule has 1 aliphatic heterocycles. The van der Waals surface area contributed by atoms with E-state index in [1.165, 1.54) is 0 Å². The van der Waals surface area contributed by atoms with Gasteiger partial charge in [0.05, 0.1) is 26.5 Å². The number of ketones is 1. The number of carbonyl (C=O) groups is 2. The van der Waals surface area contributed by atoms with Gasteiger partial charge in [-0.25, -0.2) is 0 Å². The highest BCUT2D eigenvalue weighted by atomic mass is 16.5. The Morgan fingerprint density at radius 1 is 1.06 bits per heavy atom. The molecule has 2 aromatic rings. The first-order chi connectivity index (χ1) is 17.0. The standard InChI is InChI=1S/C28H32N2O5/c1-5-15-35-23-14-13-18(16-24(23)34-4)26-25(17(2)29-20-10-8-11-21(31)27(20)26)28(32)30-19-9-6-7-12-22(19)33-3/h6-7,9,12-14,16,26,29H,5,8,10-11,15H2,1-4H3,(H,30,32). The number of carbonyl (C=O) groups excluding carboxylic acids is 2. The number of dihydropyridines is 1. The molecular formula is C28H32N2O5. The van der Waals surface area contributed by atoms with Crippen LogP contribution < -0.4 is 24.8 Å². The first-order valence-electron chi connectivity index (χ1n) is 12.0. The molecule has 0 radical (unpaired) electrons. The third-order valence-electron chi connectivity index (χ3n) is 6.36. The van der Waals surface area contributed by atoms with E-state index in [1.807, 2.05) is 44.2 Å². The van der Waals surface area contributed by atoms with Crippen molar-refractivity contribution in [3.05, 3.63) is 70.6 Å². The Bertz CT molecular complexity index is 1200. The van der Waals surface area contributed by atoms with Crippen LogP contribution in [-0.4, -0.2) is 32.5 Å². The van der Waals surface area contributed by atoms with Crippen LogP contribution >= 0.6 is 0 Å². The Morgan fingerprint density at radius 2 is 1.83 bits per heavy atom. The van der Waals surface area contributed by atoms with Crippen molar-refractivity contribution in [1.82, 2.24) is 5.32 Å². The Morgan fingerprint density at radius 3 is 2.57 bits per heavy atom. The molecule has 7 nitrogen and oxygen atoms in total. The van der Waals surface area contributed by atoms with E-state index in [1.54, 1.807) is 26.4 Å². The highest BCUT2D eigenvalue weighted by molar-refractivity contribution is 6.10. The molecule has 0 aromatic heterocycles. The van der Waals surface area contributed by atoms with Crippen molar-refractivity contribution >= 4 is 17.4 Å². The highest BCUT2D eigenvalue weighted by Gasteiger charge is 2.39. The number of hydrogen-bond acceptors (Lipinski definition) is 6. The molecule has 1 aliphatic carbocycles. The van der Waals surface area contributed by atoms with Crippen LogP contribution in [0.4, 0.5) is 5.69 Å². The number of Topliss-reactive ketones (excluding diaryl/α,β-unsaturated/α-hetero) is 1.